The first-order valence-electron chi connectivity index (χ1n) is 7.87. The summed E-state index contributed by atoms with van der Waals surface area (Å²) < 4.78 is 4.82. The molecule has 0 aliphatic rings. The summed E-state index contributed by atoms with van der Waals surface area (Å²) in [5.74, 6) is -0.269. The van der Waals surface area contributed by atoms with Crippen molar-refractivity contribution in [3.8, 4) is 0 Å². The van der Waals surface area contributed by atoms with Gasteiger partial charge in [0.1, 0.15) is 0 Å². The lowest BCUT2D eigenvalue weighted by Crippen LogP contribution is -2.29. The number of hydrogen-bond acceptors (Lipinski definition) is 3. The fraction of sp³-hybridized carbons (Fsp3) is 0.611. The molecule has 0 saturated heterocycles. The maximum Gasteiger partial charge on any atom is 0.338 e. The van der Waals surface area contributed by atoms with Gasteiger partial charge in [0.25, 0.3) is 0 Å². The third kappa shape index (κ3) is 6.30. The molecule has 118 valence electrons. The molecular formula is C18H29NO2. The van der Waals surface area contributed by atoms with Gasteiger partial charge in [0.05, 0.1) is 12.7 Å². The number of esters is 1. The third-order valence-electron chi connectivity index (χ3n) is 3.80. The molecule has 1 rings (SSSR count). The maximum atomic E-state index is 11.7. The number of rotatable bonds is 9. The van der Waals surface area contributed by atoms with E-state index in [9.17, 15) is 4.79 Å². The van der Waals surface area contributed by atoms with E-state index in [4.69, 9.17) is 4.74 Å². The van der Waals surface area contributed by atoms with E-state index in [2.05, 4.69) is 26.1 Å². The molecule has 1 aromatic carbocycles. The zero-order chi connectivity index (χ0) is 15.7. The number of nitrogens with one attached hydrogen (secondary N) is 1. The Labute approximate surface area is 129 Å². The lowest BCUT2D eigenvalue weighted by molar-refractivity contribution is 0.0599. The van der Waals surface area contributed by atoms with Gasteiger partial charge in [-0.25, -0.2) is 4.79 Å². The second-order valence-electron chi connectivity index (χ2n) is 6.37. The molecule has 0 radical (unpaired) electrons. The van der Waals surface area contributed by atoms with Crippen LogP contribution < -0.4 is 5.32 Å². The van der Waals surface area contributed by atoms with Crippen molar-refractivity contribution in [1.82, 2.24) is 5.32 Å². The molecule has 3 heteroatoms. The SMILES string of the molecule is CCCCCC(C)(C)CNCc1ccccc1C(=O)OC. The summed E-state index contributed by atoms with van der Waals surface area (Å²) in [4.78, 5) is 11.7. The topological polar surface area (TPSA) is 38.3 Å². The van der Waals surface area contributed by atoms with Gasteiger partial charge in [-0.3, -0.25) is 0 Å². The van der Waals surface area contributed by atoms with Crippen molar-refractivity contribution in [3.63, 3.8) is 0 Å². The largest absolute Gasteiger partial charge is 0.465 e. The molecule has 0 aromatic heterocycles. The number of methoxy groups -OCH3 is 1. The van der Waals surface area contributed by atoms with Gasteiger partial charge in [-0.05, 0) is 23.5 Å². The van der Waals surface area contributed by atoms with Crippen molar-refractivity contribution in [2.45, 2.75) is 53.0 Å². The number of hydrogen-bond donors (Lipinski definition) is 1. The summed E-state index contributed by atoms with van der Waals surface area (Å²) in [6, 6.07) is 7.61. The maximum absolute atomic E-state index is 11.7. The summed E-state index contributed by atoms with van der Waals surface area (Å²) >= 11 is 0. The standard InChI is InChI=1S/C18H29NO2/c1-5-6-9-12-18(2,3)14-19-13-15-10-7-8-11-16(15)17(20)21-4/h7-8,10-11,19H,5-6,9,12-14H2,1-4H3. The summed E-state index contributed by atoms with van der Waals surface area (Å²) in [6.07, 6.45) is 5.07. The monoisotopic (exact) mass is 291 g/mol. The molecule has 0 spiro atoms. The molecule has 1 aromatic rings. The highest BCUT2D eigenvalue weighted by Crippen LogP contribution is 2.23. The Hall–Kier alpha value is -1.35. The van der Waals surface area contributed by atoms with E-state index < -0.39 is 0 Å². The van der Waals surface area contributed by atoms with Crippen LogP contribution >= 0.6 is 0 Å². The molecule has 0 aliphatic carbocycles. The molecule has 0 saturated carbocycles. The van der Waals surface area contributed by atoms with Crippen molar-refractivity contribution < 1.29 is 9.53 Å². The normalized spacial score (nSPS) is 11.4. The van der Waals surface area contributed by atoms with E-state index in [1.165, 1.54) is 32.8 Å². The Kier molecular flexibility index (Phi) is 7.44. The summed E-state index contributed by atoms with van der Waals surface area (Å²) in [5, 5.41) is 3.48. The highest BCUT2D eigenvalue weighted by molar-refractivity contribution is 5.90. The molecule has 1 N–H and O–H groups in total. The minimum absolute atomic E-state index is 0.269. The Morgan fingerprint density at radius 1 is 1.24 bits per heavy atom. The predicted octanol–water partition coefficient (Wildman–Crippen LogP) is 4.17. The fourth-order valence-electron chi connectivity index (χ4n) is 2.46. The number of benzene rings is 1. The van der Waals surface area contributed by atoms with Crippen molar-refractivity contribution >= 4 is 5.97 Å². The molecule has 0 fully saturated rings. The van der Waals surface area contributed by atoms with Crippen LogP contribution in [-0.4, -0.2) is 19.6 Å². The van der Waals surface area contributed by atoms with E-state index in [0.717, 1.165) is 12.1 Å². The molecule has 3 nitrogen and oxygen atoms in total. The van der Waals surface area contributed by atoms with Crippen LogP contribution in [-0.2, 0) is 11.3 Å². The van der Waals surface area contributed by atoms with Crippen LogP contribution in [0.2, 0.25) is 0 Å². The molecule has 0 aliphatic heterocycles. The zero-order valence-corrected chi connectivity index (χ0v) is 13.9. The lowest BCUT2D eigenvalue weighted by atomic mass is 9.87. The Morgan fingerprint density at radius 3 is 2.62 bits per heavy atom. The highest BCUT2D eigenvalue weighted by atomic mass is 16.5. The van der Waals surface area contributed by atoms with Gasteiger partial charge in [-0.1, -0.05) is 58.2 Å². The molecule has 0 unspecified atom stereocenters. The summed E-state index contributed by atoms with van der Waals surface area (Å²) in [7, 11) is 1.42. The van der Waals surface area contributed by atoms with E-state index >= 15 is 0 Å². The Morgan fingerprint density at radius 2 is 1.95 bits per heavy atom. The van der Waals surface area contributed by atoms with Gasteiger partial charge >= 0.3 is 5.97 Å². The number of carbonyl (C=O) groups excluding carboxylic acids is 1. The molecule has 0 bridgehead atoms. The van der Waals surface area contributed by atoms with Crippen LogP contribution in [0.25, 0.3) is 0 Å². The molecular weight excluding hydrogens is 262 g/mol. The average Bonchev–Trinajstić information content (AvgIpc) is 2.47. The number of ether oxygens (including phenoxy) is 1. The second kappa shape index (κ2) is 8.83. The second-order valence-corrected chi connectivity index (χ2v) is 6.37. The van der Waals surface area contributed by atoms with Crippen LogP contribution in [0.15, 0.2) is 24.3 Å². The number of carbonyl (C=O) groups is 1. The first-order chi connectivity index (χ1) is 10.00. The average molecular weight is 291 g/mol. The van der Waals surface area contributed by atoms with Crippen LogP contribution in [0.3, 0.4) is 0 Å². The van der Waals surface area contributed by atoms with Crippen LogP contribution in [0.1, 0.15) is 62.4 Å². The first kappa shape index (κ1) is 17.7. The van der Waals surface area contributed by atoms with Crippen LogP contribution in [0, 0.1) is 5.41 Å². The van der Waals surface area contributed by atoms with Gasteiger partial charge in [-0.15, -0.1) is 0 Å². The summed E-state index contributed by atoms with van der Waals surface area (Å²) in [6.45, 7) is 8.47. The van der Waals surface area contributed by atoms with E-state index in [1.807, 2.05) is 24.3 Å². The van der Waals surface area contributed by atoms with Crippen LogP contribution in [0.4, 0.5) is 0 Å². The molecule has 21 heavy (non-hydrogen) atoms. The lowest BCUT2D eigenvalue weighted by Gasteiger charge is -2.25. The Balaban J connectivity index is 2.50. The quantitative estimate of drug-likeness (QED) is 0.548. The molecule has 0 atom stereocenters. The van der Waals surface area contributed by atoms with E-state index in [-0.39, 0.29) is 11.4 Å². The number of unbranched alkanes of at least 4 members (excludes halogenated alkanes) is 2. The van der Waals surface area contributed by atoms with Crippen LogP contribution in [0.5, 0.6) is 0 Å². The van der Waals surface area contributed by atoms with Gasteiger partial charge in [0, 0.05) is 13.1 Å². The zero-order valence-electron chi connectivity index (χ0n) is 13.9. The highest BCUT2D eigenvalue weighted by Gasteiger charge is 2.17. The van der Waals surface area contributed by atoms with Crippen molar-refractivity contribution in [3.05, 3.63) is 35.4 Å². The van der Waals surface area contributed by atoms with Gasteiger partial charge in [-0.2, -0.15) is 0 Å². The fourth-order valence-corrected chi connectivity index (χ4v) is 2.46. The summed E-state index contributed by atoms with van der Waals surface area (Å²) in [5.41, 5.74) is 1.93. The smallest absolute Gasteiger partial charge is 0.338 e. The minimum Gasteiger partial charge on any atom is -0.465 e. The van der Waals surface area contributed by atoms with Gasteiger partial charge in [0.2, 0.25) is 0 Å². The van der Waals surface area contributed by atoms with Crippen molar-refractivity contribution in [1.29, 1.82) is 0 Å². The van der Waals surface area contributed by atoms with Crippen molar-refractivity contribution in [2.24, 2.45) is 5.41 Å². The first-order valence-corrected chi connectivity index (χ1v) is 7.87. The van der Waals surface area contributed by atoms with Gasteiger partial charge in [0.15, 0.2) is 0 Å². The van der Waals surface area contributed by atoms with E-state index in [0.29, 0.717) is 12.1 Å². The van der Waals surface area contributed by atoms with E-state index in [1.54, 1.807) is 0 Å². The van der Waals surface area contributed by atoms with Crippen molar-refractivity contribution in [2.75, 3.05) is 13.7 Å². The predicted molar refractivity (Wildman–Crippen MR) is 87.4 cm³/mol. The molecule has 0 amide bonds. The minimum atomic E-state index is -0.269. The molecule has 0 heterocycles. The van der Waals surface area contributed by atoms with Gasteiger partial charge < -0.3 is 10.1 Å². The Bertz CT molecular complexity index is 441. The third-order valence-corrected chi connectivity index (χ3v) is 3.80.